The molecule has 3 unspecified atom stereocenters. The summed E-state index contributed by atoms with van der Waals surface area (Å²) in [4.78, 5) is 36.8. The van der Waals surface area contributed by atoms with Gasteiger partial charge in [0.2, 0.25) is 0 Å². The molecule has 0 aliphatic carbocycles. The van der Waals surface area contributed by atoms with Crippen molar-refractivity contribution in [2.45, 2.75) is 38.5 Å². The Labute approximate surface area is 223 Å². The van der Waals surface area contributed by atoms with Gasteiger partial charge in [0.25, 0.3) is 11.8 Å². The smallest absolute Gasteiger partial charge is 0.317 e. The van der Waals surface area contributed by atoms with Gasteiger partial charge in [-0.1, -0.05) is 0 Å². The third-order valence-electron chi connectivity index (χ3n) is 7.03. The van der Waals surface area contributed by atoms with Gasteiger partial charge in [-0.25, -0.2) is 9.37 Å². The second-order valence-electron chi connectivity index (χ2n) is 10.3. The van der Waals surface area contributed by atoms with E-state index in [0.717, 1.165) is 18.8 Å². The molecule has 202 valence electrons. The van der Waals surface area contributed by atoms with Gasteiger partial charge in [0, 0.05) is 79.7 Å². The lowest BCUT2D eigenvalue weighted by Gasteiger charge is -2.38. The van der Waals surface area contributed by atoms with E-state index in [1.165, 1.54) is 10.7 Å². The lowest BCUT2D eigenvalue weighted by Crippen LogP contribution is -2.54. The Bertz CT molecular complexity index is 1600. The number of carbonyl (C=O) groups excluding carboxylic acids is 2. The molecule has 12 heteroatoms. The van der Waals surface area contributed by atoms with Crippen LogP contribution >= 0.6 is 0 Å². The number of aromatic nitrogens is 4. The van der Waals surface area contributed by atoms with E-state index in [0.29, 0.717) is 34.9 Å². The van der Waals surface area contributed by atoms with Crippen LogP contribution in [-0.4, -0.2) is 69.4 Å². The van der Waals surface area contributed by atoms with Crippen LogP contribution in [0.1, 0.15) is 30.6 Å². The maximum Gasteiger partial charge on any atom is 0.317 e. The minimum Gasteiger partial charge on any atom is -0.450 e. The van der Waals surface area contributed by atoms with Crippen molar-refractivity contribution in [2.75, 3.05) is 29.9 Å². The number of rotatable bonds is 5. The van der Waals surface area contributed by atoms with Crippen LogP contribution in [0.25, 0.3) is 21.8 Å². The fraction of sp³-hybridized carbons (Fsp3) is 0.370. The molecule has 3 atom stereocenters. The number of benzene rings is 2. The molecule has 4 heterocycles. The molecule has 11 nitrogen and oxygen atoms in total. The van der Waals surface area contributed by atoms with Crippen molar-refractivity contribution in [1.82, 2.24) is 30.4 Å². The number of halogens is 1. The summed E-state index contributed by atoms with van der Waals surface area (Å²) in [5.74, 6) is -1.21. The second-order valence-corrected chi connectivity index (χ2v) is 10.3. The quantitative estimate of drug-likeness (QED) is 0.358. The van der Waals surface area contributed by atoms with Crippen molar-refractivity contribution in [3.05, 3.63) is 48.0 Å². The molecule has 2 aromatic heterocycles. The lowest BCUT2D eigenvalue weighted by atomic mass is 10.0. The van der Waals surface area contributed by atoms with Gasteiger partial charge in [0.1, 0.15) is 5.52 Å². The average molecular weight is 533 g/mol. The number of hydrogen-bond acceptors (Lipinski definition) is 8. The van der Waals surface area contributed by atoms with Crippen molar-refractivity contribution < 1.29 is 18.7 Å². The van der Waals surface area contributed by atoms with Crippen molar-refractivity contribution in [1.29, 1.82) is 0 Å². The van der Waals surface area contributed by atoms with Gasteiger partial charge < -0.3 is 25.6 Å². The van der Waals surface area contributed by atoms with E-state index in [-0.39, 0.29) is 35.1 Å². The summed E-state index contributed by atoms with van der Waals surface area (Å²) >= 11 is 0. The third-order valence-corrected chi connectivity index (χ3v) is 7.03. The molecule has 2 aliphatic heterocycles. The zero-order chi connectivity index (χ0) is 27.3. The first kappa shape index (κ1) is 25.0. The Morgan fingerprint density at radius 1 is 1.18 bits per heavy atom. The van der Waals surface area contributed by atoms with Gasteiger partial charge in [-0.05, 0) is 38.1 Å². The van der Waals surface area contributed by atoms with E-state index < -0.39 is 17.8 Å². The summed E-state index contributed by atoms with van der Waals surface area (Å²) in [6, 6.07) is 7.08. The number of fused-ring (bicyclic) bond motifs is 2. The van der Waals surface area contributed by atoms with Gasteiger partial charge in [-0.15, -0.1) is 0 Å². The number of aryl methyl sites for hydroxylation is 1. The van der Waals surface area contributed by atoms with Crippen LogP contribution in [0.4, 0.5) is 15.8 Å². The zero-order valence-corrected chi connectivity index (χ0v) is 21.9. The predicted octanol–water partition coefficient (Wildman–Crippen LogP) is 2.36. The molecule has 0 radical (unpaired) electrons. The molecule has 2 amide bonds. The molecule has 2 fully saturated rings. The molecule has 0 spiro atoms. The summed E-state index contributed by atoms with van der Waals surface area (Å²) in [6.45, 7) is 6.32. The van der Waals surface area contributed by atoms with Crippen LogP contribution in [0.15, 0.2) is 36.7 Å². The summed E-state index contributed by atoms with van der Waals surface area (Å²) in [5.41, 5.74) is 2.09. The number of hydrogen-bond donors (Lipinski definition) is 3. The number of ether oxygens (including phenoxy) is 1. The standard InChI is InChI=1S/C27H29FN8O3/c1-14-11-36(12-15(2)31-14)21-5-4-18(24-19(21)10-30-27(33-24)39-22-6-7-29-26(22)38)25(37)32-17-8-16-13-35(3)34-23(16)20(28)9-17/h4-5,8-10,13-15,22,31H,6-7,11-12H2,1-3H3,(H,29,38)(H,32,37). The molecule has 3 N–H and O–H groups in total. The highest BCUT2D eigenvalue weighted by Gasteiger charge is 2.28. The van der Waals surface area contributed by atoms with Gasteiger partial charge in [0.15, 0.2) is 11.9 Å². The van der Waals surface area contributed by atoms with Crippen LogP contribution in [-0.2, 0) is 11.8 Å². The first-order chi connectivity index (χ1) is 18.7. The van der Waals surface area contributed by atoms with Crippen molar-refractivity contribution >= 4 is 45.0 Å². The molecule has 4 aromatic rings. The number of nitrogens with one attached hydrogen (secondary N) is 3. The maximum atomic E-state index is 14.7. The van der Waals surface area contributed by atoms with E-state index in [2.05, 4.69) is 49.8 Å². The van der Waals surface area contributed by atoms with E-state index in [1.54, 1.807) is 31.6 Å². The van der Waals surface area contributed by atoms with Gasteiger partial charge in [0.05, 0.1) is 11.1 Å². The van der Waals surface area contributed by atoms with E-state index >= 15 is 0 Å². The molecule has 0 bridgehead atoms. The monoisotopic (exact) mass is 532 g/mol. The van der Waals surface area contributed by atoms with Crippen molar-refractivity contribution in [3.63, 3.8) is 0 Å². The topological polar surface area (TPSA) is 126 Å². The molecule has 39 heavy (non-hydrogen) atoms. The first-order valence-electron chi connectivity index (χ1n) is 12.9. The van der Waals surface area contributed by atoms with Gasteiger partial charge in [-0.3, -0.25) is 14.3 Å². The SMILES string of the molecule is CC1CN(c2ccc(C(=O)Nc3cc(F)c4nn(C)cc4c3)c3nc(OC4CCNC4=O)ncc23)CC(C)N1. The Balaban J connectivity index is 1.39. The number of nitrogens with zero attached hydrogens (tertiary/aromatic N) is 5. The van der Waals surface area contributed by atoms with E-state index in [1.807, 2.05) is 6.07 Å². The Hall–Kier alpha value is -4.32. The van der Waals surface area contributed by atoms with Crippen LogP contribution in [0.2, 0.25) is 0 Å². The largest absolute Gasteiger partial charge is 0.450 e. The summed E-state index contributed by atoms with van der Waals surface area (Å²) in [7, 11) is 1.71. The first-order valence-corrected chi connectivity index (χ1v) is 12.9. The number of piperazine rings is 1. The molecular weight excluding hydrogens is 503 g/mol. The van der Waals surface area contributed by atoms with Crippen molar-refractivity contribution in [3.8, 4) is 6.01 Å². The average Bonchev–Trinajstić information content (AvgIpc) is 3.47. The lowest BCUT2D eigenvalue weighted by molar-refractivity contribution is -0.125. The highest BCUT2D eigenvalue weighted by atomic mass is 19.1. The van der Waals surface area contributed by atoms with Crippen LogP contribution < -0.4 is 25.6 Å². The minimum absolute atomic E-state index is 0.0145. The van der Waals surface area contributed by atoms with E-state index in [9.17, 15) is 14.0 Å². The summed E-state index contributed by atoms with van der Waals surface area (Å²) in [6.07, 6.45) is 3.14. The molecule has 2 aromatic carbocycles. The van der Waals surface area contributed by atoms with E-state index in [4.69, 9.17) is 4.74 Å². The maximum absolute atomic E-state index is 14.7. The van der Waals surface area contributed by atoms with Crippen LogP contribution in [0.3, 0.4) is 0 Å². The fourth-order valence-corrected chi connectivity index (χ4v) is 5.42. The predicted molar refractivity (Wildman–Crippen MR) is 144 cm³/mol. The number of carbonyl (C=O) groups is 2. The molecule has 2 saturated heterocycles. The van der Waals surface area contributed by atoms with Gasteiger partial charge >= 0.3 is 6.01 Å². The minimum atomic E-state index is -0.688. The molecular formula is C27H29FN8O3. The summed E-state index contributed by atoms with van der Waals surface area (Å²) in [5, 5.41) is 14.4. The summed E-state index contributed by atoms with van der Waals surface area (Å²) < 4.78 is 22.0. The molecule has 2 aliphatic rings. The van der Waals surface area contributed by atoms with Crippen molar-refractivity contribution in [2.24, 2.45) is 7.05 Å². The van der Waals surface area contributed by atoms with Crippen LogP contribution in [0.5, 0.6) is 6.01 Å². The number of anilines is 2. The molecule has 6 rings (SSSR count). The van der Waals surface area contributed by atoms with Gasteiger partial charge in [-0.2, -0.15) is 10.1 Å². The number of amides is 2. The Morgan fingerprint density at radius 2 is 1.97 bits per heavy atom. The second kappa shape index (κ2) is 9.77. The Morgan fingerprint density at radius 3 is 2.72 bits per heavy atom. The van der Waals surface area contributed by atoms with Crippen LogP contribution in [0, 0.1) is 5.82 Å². The zero-order valence-electron chi connectivity index (χ0n) is 21.9. The normalized spacial score (nSPS) is 21.4. The Kier molecular flexibility index (Phi) is 6.26. The third kappa shape index (κ3) is 4.83. The molecule has 0 saturated carbocycles. The highest BCUT2D eigenvalue weighted by Crippen LogP contribution is 2.32. The fourth-order valence-electron chi connectivity index (χ4n) is 5.42. The highest BCUT2D eigenvalue weighted by molar-refractivity contribution is 6.14.